The molecule has 0 amide bonds. The van der Waals surface area contributed by atoms with Crippen molar-refractivity contribution in [2.24, 2.45) is 0 Å². The van der Waals surface area contributed by atoms with Crippen LogP contribution in [0.25, 0.3) is 0 Å². The molecular formula is C35H57Cl. The highest BCUT2D eigenvalue weighted by Gasteiger charge is 1.96. The minimum absolute atomic E-state index is 0.625. The molecule has 0 aromatic rings. The predicted octanol–water partition coefficient (Wildman–Crippen LogP) is 12.6. The van der Waals surface area contributed by atoms with Crippen molar-refractivity contribution in [2.45, 2.75) is 132 Å². The summed E-state index contributed by atoms with van der Waals surface area (Å²) in [4.78, 5) is 0. The molecular weight excluding hydrogens is 456 g/mol. The third-order valence-electron chi connectivity index (χ3n) is 6.67. The molecule has 0 unspecified atom stereocenters. The maximum atomic E-state index is 5.76. The molecule has 0 spiro atoms. The van der Waals surface area contributed by atoms with Crippen LogP contribution in [0.4, 0.5) is 0 Å². The summed E-state index contributed by atoms with van der Waals surface area (Å²) in [6.45, 7) is 17.9. The summed E-state index contributed by atoms with van der Waals surface area (Å²) in [5.41, 5.74) is 10.4. The molecule has 36 heavy (non-hydrogen) atoms. The third-order valence-corrected chi connectivity index (χ3v) is 6.83. The normalized spacial score (nSPS) is 14.5. The Morgan fingerprint density at radius 1 is 0.361 bits per heavy atom. The van der Waals surface area contributed by atoms with Crippen LogP contribution in [0, 0.1) is 0 Å². The van der Waals surface area contributed by atoms with Crippen molar-refractivity contribution in [3.05, 3.63) is 81.5 Å². The highest BCUT2D eigenvalue weighted by atomic mass is 35.5. The second kappa shape index (κ2) is 22.7. The van der Waals surface area contributed by atoms with Crippen LogP contribution in [0.1, 0.15) is 132 Å². The van der Waals surface area contributed by atoms with Gasteiger partial charge in [0.2, 0.25) is 0 Å². The Hall–Kier alpha value is -1.53. The molecule has 0 N–H and O–H groups in total. The van der Waals surface area contributed by atoms with E-state index in [1.165, 1.54) is 90.4 Å². The summed E-state index contributed by atoms with van der Waals surface area (Å²) in [5, 5.41) is 0. The molecule has 0 bridgehead atoms. The van der Waals surface area contributed by atoms with E-state index < -0.39 is 0 Å². The summed E-state index contributed by atoms with van der Waals surface area (Å²) in [6.07, 6.45) is 30.6. The van der Waals surface area contributed by atoms with Gasteiger partial charge in [0.05, 0.1) is 0 Å². The molecule has 0 aliphatic carbocycles. The van der Waals surface area contributed by atoms with Gasteiger partial charge in [-0.15, -0.1) is 11.6 Å². The standard InChI is InChI=1S/C35H57Cl/c1-29(2)15-9-16-30(3)17-10-18-31(4)19-11-20-32(5)21-12-22-33(6)23-13-24-34(7)25-14-26-35(8)27-28-36/h15,17,19,21,23,25,27H,9-14,16,18,20,22,24,26,28H2,1-8H3/b30-17?,31-19?,32-21?,33-23+,34-25?,35-27+. The van der Waals surface area contributed by atoms with Crippen LogP contribution in [0.15, 0.2) is 81.5 Å². The fourth-order valence-corrected chi connectivity index (χ4v) is 4.33. The van der Waals surface area contributed by atoms with Crippen molar-refractivity contribution in [3.8, 4) is 0 Å². The Bertz CT molecular complexity index is 804. The quantitative estimate of drug-likeness (QED) is 0.119. The molecule has 204 valence electrons. The van der Waals surface area contributed by atoms with Gasteiger partial charge >= 0.3 is 0 Å². The molecule has 0 heterocycles. The number of alkyl halides is 1. The number of allylic oxidation sites excluding steroid dienone is 14. The van der Waals surface area contributed by atoms with Gasteiger partial charge in [-0.05, 0) is 132 Å². The molecule has 0 saturated carbocycles. The predicted molar refractivity (Wildman–Crippen MR) is 168 cm³/mol. The van der Waals surface area contributed by atoms with Gasteiger partial charge in [0.1, 0.15) is 0 Å². The molecule has 0 aliphatic heterocycles. The summed E-state index contributed by atoms with van der Waals surface area (Å²) < 4.78 is 0. The SMILES string of the molecule is CC(C)=CCCC(C)=CCCC(C)=CCCC(C)=CCC/C(C)=C/CCC(C)=CCC/C(C)=C/CCl. The smallest absolute Gasteiger partial charge is 0.0406 e. The van der Waals surface area contributed by atoms with E-state index in [0.717, 1.165) is 25.7 Å². The van der Waals surface area contributed by atoms with E-state index in [1.807, 2.05) is 0 Å². The number of rotatable bonds is 19. The first-order valence-electron chi connectivity index (χ1n) is 14.3. The maximum Gasteiger partial charge on any atom is 0.0406 e. The van der Waals surface area contributed by atoms with E-state index in [-0.39, 0.29) is 0 Å². The molecule has 0 radical (unpaired) electrons. The first-order chi connectivity index (χ1) is 17.1. The number of hydrogen-bond donors (Lipinski definition) is 0. The van der Waals surface area contributed by atoms with Crippen molar-refractivity contribution >= 4 is 11.6 Å². The Kier molecular flexibility index (Phi) is 21.7. The van der Waals surface area contributed by atoms with E-state index in [2.05, 4.69) is 97.9 Å². The monoisotopic (exact) mass is 512 g/mol. The zero-order chi connectivity index (χ0) is 27.2. The van der Waals surface area contributed by atoms with Gasteiger partial charge in [0.15, 0.2) is 0 Å². The Morgan fingerprint density at radius 3 is 0.806 bits per heavy atom. The molecule has 0 atom stereocenters. The Balaban J connectivity index is 4.14. The van der Waals surface area contributed by atoms with Gasteiger partial charge in [0, 0.05) is 5.88 Å². The largest absolute Gasteiger partial charge is 0.122 e. The van der Waals surface area contributed by atoms with Crippen molar-refractivity contribution in [1.29, 1.82) is 0 Å². The lowest BCUT2D eigenvalue weighted by atomic mass is 10.0. The number of halogens is 1. The van der Waals surface area contributed by atoms with Crippen LogP contribution in [0.2, 0.25) is 0 Å². The summed E-state index contributed by atoms with van der Waals surface area (Å²) in [7, 11) is 0. The third kappa shape index (κ3) is 22.9. The first-order valence-corrected chi connectivity index (χ1v) is 14.8. The lowest BCUT2D eigenvalue weighted by molar-refractivity contribution is 0.883. The van der Waals surface area contributed by atoms with Crippen LogP contribution in [0.3, 0.4) is 0 Å². The van der Waals surface area contributed by atoms with Crippen LogP contribution < -0.4 is 0 Å². The average Bonchev–Trinajstić information content (AvgIpc) is 2.79. The van der Waals surface area contributed by atoms with Crippen LogP contribution >= 0.6 is 11.6 Å². The van der Waals surface area contributed by atoms with Gasteiger partial charge in [-0.3, -0.25) is 0 Å². The van der Waals surface area contributed by atoms with Gasteiger partial charge in [-0.1, -0.05) is 81.5 Å². The maximum absolute atomic E-state index is 5.76. The minimum Gasteiger partial charge on any atom is -0.122 e. The van der Waals surface area contributed by atoms with Gasteiger partial charge in [-0.2, -0.15) is 0 Å². The van der Waals surface area contributed by atoms with E-state index in [0.29, 0.717) is 5.88 Å². The average molecular weight is 513 g/mol. The van der Waals surface area contributed by atoms with Crippen LogP contribution in [0.5, 0.6) is 0 Å². The fourth-order valence-electron chi connectivity index (χ4n) is 4.06. The van der Waals surface area contributed by atoms with E-state index in [4.69, 9.17) is 11.6 Å². The Labute approximate surface area is 231 Å². The van der Waals surface area contributed by atoms with Crippen LogP contribution in [-0.4, -0.2) is 5.88 Å². The highest BCUT2D eigenvalue weighted by molar-refractivity contribution is 6.18. The molecule has 0 saturated heterocycles. The molecule has 0 rings (SSSR count). The Morgan fingerprint density at radius 2 is 0.583 bits per heavy atom. The molecule has 0 aromatic heterocycles. The van der Waals surface area contributed by atoms with Gasteiger partial charge in [0.25, 0.3) is 0 Å². The topological polar surface area (TPSA) is 0 Å². The van der Waals surface area contributed by atoms with E-state index in [1.54, 1.807) is 0 Å². The molecule has 1 heteroatoms. The highest BCUT2D eigenvalue weighted by Crippen LogP contribution is 2.16. The van der Waals surface area contributed by atoms with Crippen molar-refractivity contribution in [2.75, 3.05) is 5.88 Å². The lowest BCUT2D eigenvalue weighted by Gasteiger charge is -2.04. The van der Waals surface area contributed by atoms with Gasteiger partial charge < -0.3 is 0 Å². The second-order valence-electron chi connectivity index (χ2n) is 11.0. The van der Waals surface area contributed by atoms with Crippen LogP contribution in [-0.2, 0) is 0 Å². The molecule has 0 nitrogen and oxygen atoms in total. The van der Waals surface area contributed by atoms with E-state index in [9.17, 15) is 0 Å². The van der Waals surface area contributed by atoms with Gasteiger partial charge in [-0.25, -0.2) is 0 Å². The molecule has 0 fully saturated rings. The summed E-state index contributed by atoms with van der Waals surface area (Å²) in [5.74, 6) is 0.625. The summed E-state index contributed by atoms with van der Waals surface area (Å²) in [6, 6.07) is 0. The second-order valence-corrected chi connectivity index (χ2v) is 11.3. The lowest BCUT2D eigenvalue weighted by Crippen LogP contribution is -1.83. The van der Waals surface area contributed by atoms with Crippen molar-refractivity contribution in [3.63, 3.8) is 0 Å². The summed E-state index contributed by atoms with van der Waals surface area (Å²) >= 11 is 5.76. The zero-order valence-corrected chi connectivity index (χ0v) is 25.9. The molecule has 0 aromatic carbocycles. The first kappa shape index (κ1) is 34.5. The van der Waals surface area contributed by atoms with E-state index >= 15 is 0 Å². The van der Waals surface area contributed by atoms with Crippen molar-refractivity contribution in [1.82, 2.24) is 0 Å². The number of hydrogen-bond acceptors (Lipinski definition) is 0. The fraction of sp³-hybridized carbons (Fsp3) is 0.600. The minimum atomic E-state index is 0.625. The van der Waals surface area contributed by atoms with Crippen molar-refractivity contribution < 1.29 is 0 Å². The zero-order valence-electron chi connectivity index (χ0n) is 25.1. The molecule has 0 aliphatic rings.